The van der Waals surface area contributed by atoms with Crippen molar-refractivity contribution in [2.24, 2.45) is 5.92 Å². The van der Waals surface area contributed by atoms with Crippen molar-refractivity contribution < 1.29 is 4.79 Å². The number of piperidine rings is 1. The Morgan fingerprint density at radius 2 is 2.03 bits per heavy atom. The molecular formula is C24H26ClN7OS2. The van der Waals surface area contributed by atoms with Crippen LogP contribution in [0.25, 0.3) is 20.4 Å². The molecule has 11 heteroatoms. The standard InChI is InChI=1S/C24H26ClN7OS2/c1-31(2)14-5-7-32(8-6-14)24(33)13-3-4-15-19(9-13)34-23-21(15)22(26-12-27-23)28-17-11-20-18(10-16(17)25)29-30-35-20/h10-14H,3-9H2,1-2H3,(H,26,27,28)/t13-/m0/s1. The SMILES string of the molecule is CN(C)C1CCN(C(=O)[C@H]2CCc3c(sc4ncnc(Nc5cc6snnc6cc5Cl)c34)C2)CC1. The van der Waals surface area contributed by atoms with E-state index in [1.54, 1.807) is 17.7 Å². The van der Waals surface area contributed by atoms with Gasteiger partial charge in [0.15, 0.2) is 0 Å². The Morgan fingerprint density at radius 3 is 2.83 bits per heavy atom. The van der Waals surface area contributed by atoms with Gasteiger partial charge >= 0.3 is 0 Å². The summed E-state index contributed by atoms with van der Waals surface area (Å²) in [6, 6.07) is 4.36. The number of rotatable bonds is 4. The number of fused-ring (bicyclic) bond motifs is 4. The van der Waals surface area contributed by atoms with E-state index in [4.69, 9.17) is 11.6 Å². The number of nitrogens with one attached hydrogen (secondary N) is 1. The quantitative estimate of drug-likeness (QED) is 0.409. The zero-order valence-electron chi connectivity index (χ0n) is 19.6. The maximum Gasteiger partial charge on any atom is 0.226 e. The van der Waals surface area contributed by atoms with Gasteiger partial charge in [0.1, 0.15) is 22.5 Å². The van der Waals surface area contributed by atoms with Crippen molar-refractivity contribution in [3.05, 3.63) is 33.9 Å². The van der Waals surface area contributed by atoms with E-state index in [1.807, 2.05) is 12.1 Å². The number of carbonyl (C=O) groups is 1. The van der Waals surface area contributed by atoms with Crippen LogP contribution in [0.4, 0.5) is 11.5 Å². The molecule has 0 radical (unpaired) electrons. The molecule has 1 N–H and O–H groups in total. The lowest BCUT2D eigenvalue weighted by molar-refractivity contribution is -0.137. The molecule has 0 saturated carbocycles. The molecule has 6 rings (SSSR count). The van der Waals surface area contributed by atoms with Crippen LogP contribution in [0.5, 0.6) is 0 Å². The fourth-order valence-electron chi connectivity index (χ4n) is 5.30. The van der Waals surface area contributed by atoms with E-state index >= 15 is 0 Å². The average molecular weight is 528 g/mol. The summed E-state index contributed by atoms with van der Waals surface area (Å²) in [5, 5.41) is 9.14. The number of aromatic nitrogens is 4. The summed E-state index contributed by atoms with van der Waals surface area (Å²) in [4.78, 5) is 29.0. The van der Waals surface area contributed by atoms with Gasteiger partial charge in [-0.2, -0.15) is 0 Å². The van der Waals surface area contributed by atoms with Crippen LogP contribution in [0.3, 0.4) is 0 Å². The van der Waals surface area contributed by atoms with Crippen molar-refractivity contribution in [1.29, 1.82) is 0 Å². The molecule has 35 heavy (non-hydrogen) atoms. The van der Waals surface area contributed by atoms with Crippen LogP contribution >= 0.6 is 34.5 Å². The minimum atomic E-state index is 0.0477. The van der Waals surface area contributed by atoms with Crippen LogP contribution in [0.2, 0.25) is 5.02 Å². The predicted octanol–water partition coefficient (Wildman–Crippen LogP) is 4.75. The van der Waals surface area contributed by atoms with Gasteiger partial charge in [-0.3, -0.25) is 4.79 Å². The first-order valence-corrected chi connectivity index (χ1v) is 13.8. The van der Waals surface area contributed by atoms with Crippen LogP contribution in [-0.2, 0) is 17.6 Å². The van der Waals surface area contributed by atoms with Crippen LogP contribution in [-0.4, -0.2) is 68.5 Å². The molecule has 8 nitrogen and oxygen atoms in total. The fraction of sp³-hybridized carbons (Fsp3) is 0.458. The van der Waals surface area contributed by atoms with Crippen molar-refractivity contribution in [2.45, 2.75) is 38.1 Å². The van der Waals surface area contributed by atoms with Crippen LogP contribution < -0.4 is 5.32 Å². The van der Waals surface area contributed by atoms with Gasteiger partial charge in [-0.05, 0) is 75.4 Å². The number of hydrogen-bond acceptors (Lipinski definition) is 9. The molecule has 0 bridgehead atoms. The number of carbonyl (C=O) groups excluding carboxylic acids is 1. The molecule has 182 valence electrons. The lowest BCUT2D eigenvalue weighted by Gasteiger charge is -2.37. The largest absolute Gasteiger partial charge is 0.342 e. The van der Waals surface area contributed by atoms with Gasteiger partial charge in [-0.25, -0.2) is 9.97 Å². The van der Waals surface area contributed by atoms with Gasteiger partial charge in [-0.1, -0.05) is 16.1 Å². The van der Waals surface area contributed by atoms with E-state index in [-0.39, 0.29) is 5.92 Å². The van der Waals surface area contributed by atoms with Gasteiger partial charge in [0, 0.05) is 29.9 Å². The van der Waals surface area contributed by atoms with Gasteiger partial charge in [-0.15, -0.1) is 16.4 Å². The zero-order chi connectivity index (χ0) is 24.1. The van der Waals surface area contributed by atoms with Crippen molar-refractivity contribution in [3.63, 3.8) is 0 Å². The number of benzene rings is 1. The summed E-state index contributed by atoms with van der Waals surface area (Å²) < 4.78 is 4.97. The van der Waals surface area contributed by atoms with Crippen molar-refractivity contribution in [3.8, 4) is 0 Å². The van der Waals surface area contributed by atoms with Crippen LogP contribution in [0, 0.1) is 5.92 Å². The van der Waals surface area contributed by atoms with E-state index in [2.05, 4.69) is 48.8 Å². The van der Waals surface area contributed by atoms with E-state index in [0.717, 1.165) is 77.1 Å². The van der Waals surface area contributed by atoms with E-state index < -0.39 is 0 Å². The highest BCUT2D eigenvalue weighted by molar-refractivity contribution is 7.19. The Kier molecular flexibility index (Phi) is 6.08. The second kappa shape index (κ2) is 9.24. The number of thiophene rings is 1. The molecule has 1 aromatic carbocycles. The Hall–Kier alpha value is -2.40. The highest BCUT2D eigenvalue weighted by Gasteiger charge is 2.33. The maximum absolute atomic E-state index is 13.3. The third-order valence-electron chi connectivity index (χ3n) is 7.29. The fourth-order valence-corrected chi connectivity index (χ4v) is 7.36. The number of amides is 1. The second-order valence-corrected chi connectivity index (χ2v) is 11.8. The third kappa shape index (κ3) is 4.26. The van der Waals surface area contributed by atoms with Crippen LogP contribution in [0.1, 0.15) is 29.7 Å². The molecule has 1 fully saturated rings. The highest BCUT2D eigenvalue weighted by Crippen LogP contribution is 2.42. The molecule has 2 aliphatic rings. The molecule has 4 aromatic rings. The second-order valence-electron chi connectivity index (χ2n) is 9.56. The Balaban J connectivity index is 1.24. The summed E-state index contributed by atoms with van der Waals surface area (Å²) in [6.45, 7) is 1.72. The van der Waals surface area contributed by atoms with E-state index in [0.29, 0.717) is 17.0 Å². The molecule has 0 unspecified atom stereocenters. The van der Waals surface area contributed by atoms with E-state index in [1.165, 1.54) is 22.0 Å². The molecule has 1 aliphatic carbocycles. The molecule has 0 spiro atoms. The molecule has 1 aliphatic heterocycles. The first-order valence-electron chi connectivity index (χ1n) is 11.9. The summed E-state index contributed by atoms with van der Waals surface area (Å²) >= 11 is 9.54. The molecule has 1 amide bonds. The Morgan fingerprint density at radius 1 is 1.20 bits per heavy atom. The highest BCUT2D eigenvalue weighted by atomic mass is 35.5. The first kappa shape index (κ1) is 23.0. The first-order chi connectivity index (χ1) is 17.0. The number of aryl methyl sites for hydroxylation is 1. The topological polar surface area (TPSA) is 87.1 Å². The average Bonchev–Trinajstić information content (AvgIpc) is 3.47. The maximum atomic E-state index is 13.3. The van der Waals surface area contributed by atoms with Crippen molar-refractivity contribution >= 4 is 72.3 Å². The minimum absolute atomic E-state index is 0.0477. The van der Waals surface area contributed by atoms with Crippen molar-refractivity contribution in [2.75, 3.05) is 32.5 Å². The number of halogens is 1. The summed E-state index contributed by atoms with van der Waals surface area (Å²) in [6.07, 6.45) is 6.19. The van der Waals surface area contributed by atoms with Gasteiger partial charge in [0.25, 0.3) is 0 Å². The summed E-state index contributed by atoms with van der Waals surface area (Å²) in [7, 11) is 4.25. The van der Waals surface area contributed by atoms with Gasteiger partial charge in [0.05, 0.1) is 20.8 Å². The van der Waals surface area contributed by atoms with Crippen molar-refractivity contribution in [1.82, 2.24) is 29.4 Å². The number of hydrogen-bond donors (Lipinski definition) is 1. The number of nitrogens with zero attached hydrogens (tertiary/aromatic N) is 6. The smallest absolute Gasteiger partial charge is 0.226 e. The van der Waals surface area contributed by atoms with Gasteiger partial charge < -0.3 is 15.1 Å². The monoisotopic (exact) mass is 527 g/mol. The number of likely N-dealkylation sites (tertiary alicyclic amines) is 1. The Bertz CT molecular complexity index is 1410. The summed E-state index contributed by atoms with van der Waals surface area (Å²) in [5.74, 6) is 1.11. The minimum Gasteiger partial charge on any atom is -0.342 e. The zero-order valence-corrected chi connectivity index (χ0v) is 22.0. The normalized spacial score (nSPS) is 19.0. The summed E-state index contributed by atoms with van der Waals surface area (Å²) in [5.41, 5.74) is 2.82. The molecule has 4 heterocycles. The predicted molar refractivity (Wildman–Crippen MR) is 142 cm³/mol. The lowest BCUT2D eigenvalue weighted by atomic mass is 9.86. The van der Waals surface area contributed by atoms with Crippen LogP contribution in [0.15, 0.2) is 18.5 Å². The van der Waals surface area contributed by atoms with Gasteiger partial charge in [0.2, 0.25) is 5.91 Å². The molecular weight excluding hydrogens is 502 g/mol. The molecule has 3 aromatic heterocycles. The Labute approximate surface area is 216 Å². The van der Waals surface area contributed by atoms with E-state index in [9.17, 15) is 4.79 Å². The third-order valence-corrected chi connectivity index (χ3v) is 9.45. The molecule has 1 saturated heterocycles. The lowest BCUT2D eigenvalue weighted by Crippen LogP contribution is -2.47. The number of anilines is 2. The molecule has 1 atom stereocenters.